The molecule has 2 saturated heterocycles. The Morgan fingerprint density at radius 1 is 1.13 bits per heavy atom. The Balaban J connectivity index is 1.23. The predicted octanol–water partition coefficient (Wildman–Crippen LogP) is 2.84. The van der Waals surface area contributed by atoms with E-state index in [0.29, 0.717) is 43.6 Å². The van der Waals surface area contributed by atoms with Gasteiger partial charge in [0.2, 0.25) is 11.8 Å². The lowest BCUT2D eigenvalue weighted by molar-refractivity contribution is -0.122. The maximum atomic E-state index is 14.2. The zero-order valence-electron chi connectivity index (χ0n) is 23.2. The van der Waals surface area contributed by atoms with E-state index in [9.17, 15) is 9.18 Å². The van der Waals surface area contributed by atoms with E-state index in [0.717, 1.165) is 62.5 Å². The minimum absolute atomic E-state index is 0.111. The maximum absolute atomic E-state index is 14.2. The minimum atomic E-state index is -0.275. The number of nitrogens with one attached hydrogen (secondary N) is 1. The molecule has 2 aromatic rings. The Bertz CT molecular complexity index is 1180. The number of aromatic nitrogens is 1. The summed E-state index contributed by atoms with van der Waals surface area (Å²) in [4.78, 5) is 25.7. The van der Waals surface area contributed by atoms with Gasteiger partial charge in [0.15, 0.2) is 0 Å². The van der Waals surface area contributed by atoms with Gasteiger partial charge in [-0.15, -0.1) is 0 Å². The molecule has 3 fully saturated rings. The second-order valence-corrected chi connectivity index (χ2v) is 12.0. The van der Waals surface area contributed by atoms with Gasteiger partial charge in [0.25, 0.3) is 0 Å². The van der Waals surface area contributed by atoms with E-state index in [1.165, 1.54) is 12.1 Å². The molecule has 4 heterocycles. The molecule has 0 bridgehead atoms. The summed E-state index contributed by atoms with van der Waals surface area (Å²) in [6.45, 7) is 11.6. The minimum Gasteiger partial charge on any atom is -0.474 e. The van der Waals surface area contributed by atoms with Crippen LogP contribution in [0.3, 0.4) is 0 Å². The van der Waals surface area contributed by atoms with Crippen LogP contribution >= 0.6 is 0 Å². The molecule has 1 aromatic heterocycles. The van der Waals surface area contributed by atoms with Crippen molar-refractivity contribution < 1.29 is 18.7 Å². The summed E-state index contributed by atoms with van der Waals surface area (Å²) in [6, 6.07) is 9.85. The second-order valence-electron chi connectivity index (χ2n) is 12.0. The molecule has 0 radical (unpaired) electrons. The molecule has 6 rings (SSSR count). The van der Waals surface area contributed by atoms with Crippen molar-refractivity contribution in [3.05, 3.63) is 53.5 Å². The van der Waals surface area contributed by atoms with Crippen LogP contribution in [-0.4, -0.2) is 96.4 Å². The average Bonchev–Trinajstić information content (AvgIpc) is 3.68. The number of ether oxygens (including phenoxy) is 2. The highest BCUT2D eigenvalue weighted by Gasteiger charge is 2.55. The lowest BCUT2D eigenvalue weighted by Crippen LogP contribution is -2.64. The third kappa shape index (κ3) is 5.55. The van der Waals surface area contributed by atoms with E-state index in [2.05, 4.69) is 40.9 Å². The van der Waals surface area contributed by atoms with Crippen molar-refractivity contribution in [2.45, 2.75) is 69.7 Å². The van der Waals surface area contributed by atoms with Gasteiger partial charge in [0.1, 0.15) is 18.1 Å². The number of hydrogen-bond acceptors (Lipinski definition) is 7. The number of halogens is 1. The lowest BCUT2D eigenvalue weighted by atomic mass is 10.0. The molecule has 4 atom stereocenters. The van der Waals surface area contributed by atoms with E-state index < -0.39 is 0 Å². The predicted molar refractivity (Wildman–Crippen MR) is 148 cm³/mol. The molecule has 1 spiro atoms. The zero-order valence-corrected chi connectivity index (χ0v) is 23.2. The van der Waals surface area contributed by atoms with Crippen molar-refractivity contribution in [1.29, 1.82) is 0 Å². The molecule has 0 unspecified atom stereocenters. The average molecular weight is 538 g/mol. The first-order valence-corrected chi connectivity index (χ1v) is 14.3. The molecule has 1 aliphatic carbocycles. The van der Waals surface area contributed by atoms with Crippen LogP contribution in [0.25, 0.3) is 0 Å². The van der Waals surface area contributed by atoms with Crippen LogP contribution in [0, 0.1) is 5.82 Å². The van der Waals surface area contributed by atoms with Crippen LogP contribution in [0.1, 0.15) is 44.7 Å². The van der Waals surface area contributed by atoms with Gasteiger partial charge in [-0.25, -0.2) is 9.37 Å². The van der Waals surface area contributed by atoms with Gasteiger partial charge < -0.3 is 14.8 Å². The molecule has 3 aliphatic heterocycles. The second kappa shape index (κ2) is 10.8. The highest BCUT2D eigenvalue weighted by molar-refractivity contribution is 5.98. The maximum Gasteiger partial charge on any atom is 0.241 e. The summed E-state index contributed by atoms with van der Waals surface area (Å²) in [5.74, 6) is 0.381. The van der Waals surface area contributed by atoms with E-state index in [4.69, 9.17) is 9.47 Å². The van der Waals surface area contributed by atoms with Crippen molar-refractivity contribution in [3.8, 4) is 5.88 Å². The molecule has 8 nitrogen and oxygen atoms in total. The van der Waals surface area contributed by atoms with Gasteiger partial charge in [0.05, 0.1) is 25.3 Å². The summed E-state index contributed by atoms with van der Waals surface area (Å²) >= 11 is 0. The molecule has 4 aliphatic rings. The van der Waals surface area contributed by atoms with Crippen molar-refractivity contribution >= 4 is 11.6 Å². The van der Waals surface area contributed by atoms with Crippen LogP contribution in [0.2, 0.25) is 0 Å². The summed E-state index contributed by atoms with van der Waals surface area (Å²) in [6.07, 6.45) is 4.28. The summed E-state index contributed by atoms with van der Waals surface area (Å²) in [5, 5.41) is 3.63. The first-order valence-electron chi connectivity index (χ1n) is 14.3. The smallest absolute Gasteiger partial charge is 0.241 e. The normalized spacial score (nSPS) is 28.7. The van der Waals surface area contributed by atoms with Crippen LogP contribution < -0.4 is 15.0 Å². The fourth-order valence-electron chi connectivity index (χ4n) is 6.41. The number of rotatable bonds is 6. The topological polar surface area (TPSA) is 70.2 Å². The molecule has 1 aromatic carbocycles. The summed E-state index contributed by atoms with van der Waals surface area (Å²) in [5.41, 5.74) is 2.46. The Labute approximate surface area is 230 Å². The Hall–Kier alpha value is -2.59. The number of piperazine rings is 1. The molecule has 39 heavy (non-hydrogen) atoms. The molecular formula is C30H40FN5O3. The first kappa shape index (κ1) is 26.6. The summed E-state index contributed by atoms with van der Waals surface area (Å²) in [7, 11) is 0. The highest BCUT2D eigenvalue weighted by atomic mass is 19.1. The monoisotopic (exact) mass is 537 g/mol. The number of pyridine rings is 1. The van der Waals surface area contributed by atoms with Crippen LogP contribution in [0.4, 0.5) is 10.1 Å². The van der Waals surface area contributed by atoms with E-state index in [1.807, 2.05) is 11.0 Å². The van der Waals surface area contributed by atoms with Gasteiger partial charge in [-0.1, -0.05) is 12.1 Å². The third-order valence-electron chi connectivity index (χ3n) is 8.82. The molecular weight excluding hydrogens is 497 g/mol. The number of carbonyl (C=O) groups is 1. The van der Waals surface area contributed by atoms with E-state index in [-0.39, 0.29) is 23.3 Å². The van der Waals surface area contributed by atoms with Gasteiger partial charge >= 0.3 is 0 Å². The van der Waals surface area contributed by atoms with Crippen LogP contribution in [0.15, 0.2) is 36.5 Å². The van der Waals surface area contributed by atoms with Crippen molar-refractivity contribution in [1.82, 2.24) is 20.1 Å². The molecule has 1 amide bonds. The number of carbonyl (C=O) groups excluding carboxylic acids is 1. The van der Waals surface area contributed by atoms with E-state index >= 15 is 0 Å². The zero-order chi connectivity index (χ0) is 27.1. The number of anilines is 1. The Kier molecular flexibility index (Phi) is 7.35. The van der Waals surface area contributed by atoms with Gasteiger partial charge in [0, 0.05) is 50.0 Å². The summed E-state index contributed by atoms with van der Waals surface area (Å²) < 4.78 is 25.2. The SMILES string of the molecule is C[C@@H]1CN(CC(=O)N2c3cc(Cc4ccc(F)cc4)cnc3OCC23CC3)[C@@H](CN2[C@H](C)COC[C@H]2C)CN1. The fraction of sp³-hybridized carbons (Fsp3) is 0.600. The van der Waals surface area contributed by atoms with Gasteiger partial charge in [-0.2, -0.15) is 0 Å². The first-order chi connectivity index (χ1) is 18.8. The quantitative estimate of drug-likeness (QED) is 0.608. The van der Waals surface area contributed by atoms with Crippen molar-refractivity contribution in [2.24, 2.45) is 0 Å². The number of fused-ring (bicyclic) bond motifs is 1. The molecule has 1 saturated carbocycles. The fourth-order valence-corrected chi connectivity index (χ4v) is 6.41. The van der Waals surface area contributed by atoms with E-state index in [1.54, 1.807) is 18.3 Å². The molecule has 9 heteroatoms. The number of hydrogen-bond donors (Lipinski definition) is 1. The number of nitrogens with zero attached hydrogens (tertiary/aromatic N) is 4. The van der Waals surface area contributed by atoms with Crippen molar-refractivity contribution in [3.63, 3.8) is 0 Å². The van der Waals surface area contributed by atoms with Crippen molar-refractivity contribution in [2.75, 3.05) is 50.9 Å². The number of amides is 1. The largest absolute Gasteiger partial charge is 0.474 e. The van der Waals surface area contributed by atoms with Gasteiger partial charge in [-0.05, 0) is 69.4 Å². The Morgan fingerprint density at radius 2 is 1.87 bits per heavy atom. The standard InChI is InChI=1S/C30H40FN5O3/c1-20-14-34(26(13-32-20)15-35-21(2)17-38-18-22(35)3)16-28(37)36-27-11-24(10-23-4-6-25(31)7-5-23)12-33-29(27)39-19-30(36)8-9-30/h4-7,11-12,20-22,26,32H,8-10,13-19H2,1-3H3/t20-,21-,22-,26-/m1/s1. The lowest BCUT2D eigenvalue weighted by Gasteiger charge is -2.46. The Morgan fingerprint density at radius 3 is 2.59 bits per heavy atom. The molecule has 210 valence electrons. The van der Waals surface area contributed by atoms with Crippen LogP contribution in [-0.2, 0) is 16.0 Å². The number of morpholine rings is 1. The third-order valence-corrected chi connectivity index (χ3v) is 8.82. The molecule has 1 N–H and O–H groups in total. The van der Waals surface area contributed by atoms with Gasteiger partial charge in [-0.3, -0.25) is 19.5 Å². The van der Waals surface area contributed by atoms with Crippen LogP contribution in [0.5, 0.6) is 5.88 Å². The number of benzene rings is 1. The highest BCUT2D eigenvalue weighted by Crippen LogP contribution is 2.50.